The topological polar surface area (TPSA) is 49.7 Å². The summed E-state index contributed by atoms with van der Waals surface area (Å²) in [6.07, 6.45) is 6.99. The van der Waals surface area contributed by atoms with Crippen LogP contribution in [0.15, 0.2) is 23.0 Å². The molecule has 0 saturated heterocycles. The summed E-state index contributed by atoms with van der Waals surface area (Å²) in [5, 5.41) is 0.868. The number of rotatable bonds is 11. The average Bonchev–Trinajstić information content (AvgIpc) is 2.66. The van der Waals surface area contributed by atoms with Crippen LogP contribution in [-0.4, -0.2) is 24.9 Å². The molecule has 0 bridgehead atoms. The molecule has 0 aliphatic rings. The largest absolute Gasteiger partial charge is 0.497 e. The lowest BCUT2D eigenvalue weighted by atomic mass is 10.1. The van der Waals surface area contributed by atoms with E-state index in [2.05, 4.69) is 6.92 Å². The number of ether oxygens (including phenoxy) is 3. The Kier molecular flexibility index (Phi) is 8.01. The molecule has 1 aromatic heterocycles. The third-order valence-electron chi connectivity index (χ3n) is 4.68. The van der Waals surface area contributed by atoms with Crippen molar-refractivity contribution < 1.29 is 14.2 Å². The minimum atomic E-state index is -0.150. The molecule has 2 rings (SSSR count). The van der Waals surface area contributed by atoms with Crippen molar-refractivity contribution >= 4 is 10.9 Å². The molecule has 0 radical (unpaired) electrons. The Hall–Kier alpha value is -2.17. The summed E-state index contributed by atoms with van der Waals surface area (Å²) in [6, 6.07) is 5.72. The number of methoxy groups -OCH3 is 2. The van der Waals surface area contributed by atoms with Gasteiger partial charge in [-0.25, -0.2) is 0 Å². The molecule has 1 heterocycles. The Morgan fingerprint density at radius 1 is 0.963 bits per heavy atom. The lowest BCUT2D eigenvalue weighted by Crippen LogP contribution is -2.24. The Morgan fingerprint density at radius 3 is 2.30 bits per heavy atom. The van der Waals surface area contributed by atoms with E-state index in [1.165, 1.54) is 32.8 Å². The lowest BCUT2D eigenvalue weighted by molar-refractivity contribution is 0.231. The Labute approximate surface area is 162 Å². The summed E-state index contributed by atoms with van der Waals surface area (Å²) in [6.45, 7) is 6.76. The van der Waals surface area contributed by atoms with E-state index in [9.17, 15) is 4.79 Å². The second kappa shape index (κ2) is 10.2. The van der Waals surface area contributed by atoms with Crippen LogP contribution in [0.4, 0.5) is 0 Å². The molecule has 1 aromatic carbocycles. The predicted octanol–water partition coefficient (Wildman–Crippen LogP) is 5.17. The summed E-state index contributed by atoms with van der Waals surface area (Å²) in [7, 11) is 3.15. The van der Waals surface area contributed by atoms with E-state index in [0.29, 0.717) is 12.3 Å². The maximum absolute atomic E-state index is 13.1. The van der Waals surface area contributed by atoms with Gasteiger partial charge < -0.3 is 18.8 Å². The van der Waals surface area contributed by atoms with Gasteiger partial charge in [0.2, 0.25) is 5.75 Å². The van der Waals surface area contributed by atoms with Gasteiger partial charge in [-0.05, 0) is 32.4 Å². The number of nitrogens with zero attached hydrogens (tertiary/aromatic N) is 1. The second-order valence-corrected chi connectivity index (χ2v) is 7.14. The van der Waals surface area contributed by atoms with Gasteiger partial charge >= 0.3 is 0 Å². The first-order chi connectivity index (χ1) is 13.0. The first kappa shape index (κ1) is 21.1. The van der Waals surface area contributed by atoms with Gasteiger partial charge in [0.25, 0.3) is 5.56 Å². The second-order valence-electron chi connectivity index (χ2n) is 7.14. The lowest BCUT2D eigenvalue weighted by Gasteiger charge is -2.19. The first-order valence-corrected chi connectivity index (χ1v) is 9.98. The van der Waals surface area contributed by atoms with Crippen molar-refractivity contribution in [3.05, 3.63) is 28.6 Å². The molecule has 2 aromatic rings. The van der Waals surface area contributed by atoms with E-state index in [-0.39, 0.29) is 17.4 Å². The van der Waals surface area contributed by atoms with Crippen LogP contribution in [0.5, 0.6) is 17.2 Å². The van der Waals surface area contributed by atoms with Crippen molar-refractivity contribution in [3.8, 4) is 17.2 Å². The smallest absolute Gasteiger partial charge is 0.297 e. The Morgan fingerprint density at radius 2 is 1.67 bits per heavy atom. The molecule has 150 valence electrons. The minimum Gasteiger partial charge on any atom is -0.497 e. The summed E-state index contributed by atoms with van der Waals surface area (Å²) in [4.78, 5) is 13.1. The van der Waals surface area contributed by atoms with Crippen LogP contribution >= 0.6 is 0 Å². The highest BCUT2D eigenvalue weighted by atomic mass is 16.5. The maximum atomic E-state index is 13.1. The molecule has 0 N–H and O–H groups in total. The van der Waals surface area contributed by atoms with Gasteiger partial charge in [0, 0.05) is 18.0 Å². The fourth-order valence-electron chi connectivity index (χ4n) is 3.31. The first-order valence-electron chi connectivity index (χ1n) is 9.98. The fourth-order valence-corrected chi connectivity index (χ4v) is 3.31. The van der Waals surface area contributed by atoms with Gasteiger partial charge in [0.05, 0.1) is 25.8 Å². The monoisotopic (exact) mass is 375 g/mol. The molecule has 27 heavy (non-hydrogen) atoms. The van der Waals surface area contributed by atoms with Gasteiger partial charge in [-0.15, -0.1) is 0 Å². The van der Waals surface area contributed by atoms with Crippen LogP contribution in [0, 0.1) is 0 Å². The van der Waals surface area contributed by atoms with Gasteiger partial charge in [0.15, 0.2) is 5.75 Å². The fraction of sp³-hybridized carbons (Fsp3) is 0.591. The van der Waals surface area contributed by atoms with Crippen molar-refractivity contribution in [1.82, 2.24) is 4.57 Å². The molecule has 0 spiro atoms. The molecule has 0 fully saturated rings. The molecular weight excluding hydrogens is 342 g/mol. The quantitative estimate of drug-likeness (QED) is 0.509. The van der Waals surface area contributed by atoms with Crippen LogP contribution in [0.1, 0.15) is 59.3 Å². The van der Waals surface area contributed by atoms with E-state index >= 15 is 0 Å². The zero-order valence-corrected chi connectivity index (χ0v) is 17.3. The van der Waals surface area contributed by atoms with Crippen molar-refractivity contribution in [2.45, 2.75) is 71.9 Å². The molecule has 0 unspecified atom stereocenters. The molecule has 0 amide bonds. The maximum Gasteiger partial charge on any atom is 0.297 e. The van der Waals surface area contributed by atoms with E-state index < -0.39 is 0 Å². The van der Waals surface area contributed by atoms with Gasteiger partial charge in [-0.1, -0.05) is 39.0 Å². The minimum absolute atomic E-state index is 0.0574. The third-order valence-corrected chi connectivity index (χ3v) is 4.68. The summed E-state index contributed by atoms with van der Waals surface area (Å²) >= 11 is 0. The summed E-state index contributed by atoms with van der Waals surface area (Å²) in [5.74, 6) is 1.50. The molecule has 0 aliphatic heterocycles. The summed E-state index contributed by atoms with van der Waals surface area (Å²) in [5.41, 5.74) is 0.673. The zero-order chi connectivity index (χ0) is 19.8. The summed E-state index contributed by atoms with van der Waals surface area (Å²) < 4.78 is 18.6. The molecule has 5 nitrogen and oxygen atoms in total. The number of unbranched alkanes of at least 4 members (excludes halogenated alkanes) is 5. The van der Waals surface area contributed by atoms with Crippen molar-refractivity contribution in [2.75, 3.05) is 14.2 Å². The highest BCUT2D eigenvalue weighted by Gasteiger charge is 2.20. The number of pyridine rings is 1. The van der Waals surface area contributed by atoms with Gasteiger partial charge in [-0.3, -0.25) is 4.79 Å². The number of aromatic nitrogens is 1. The van der Waals surface area contributed by atoms with E-state index in [4.69, 9.17) is 14.2 Å². The molecule has 5 heteroatoms. The van der Waals surface area contributed by atoms with Crippen molar-refractivity contribution in [1.29, 1.82) is 0 Å². The number of aryl methyl sites for hydroxylation is 1. The van der Waals surface area contributed by atoms with Crippen LogP contribution in [0.3, 0.4) is 0 Å². The number of benzene rings is 1. The van der Waals surface area contributed by atoms with Crippen molar-refractivity contribution in [2.24, 2.45) is 0 Å². The predicted molar refractivity (Wildman–Crippen MR) is 110 cm³/mol. The molecule has 0 atom stereocenters. The highest BCUT2D eigenvalue weighted by Crippen LogP contribution is 2.35. The van der Waals surface area contributed by atoms with Crippen LogP contribution in [-0.2, 0) is 6.54 Å². The van der Waals surface area contributed by atoms with Gasteiger partial charge in [0.1, 0.15) is 5.75 Å². The standard InChI is InChI=1S/C22H33NO4/c1-6-7-8-9-10-11-14-23-19-15-17(25-4)12-13-18(19)20(27-16(2)3)21(26-5)22(23)24/h12-13,15-16H,6-11,14H2,1-5H3. The van der Waals surface area contributed by atoms with Crippen LogP contribution in [0.25, 0.3) is 10.9 Å². The molecular formula is C22H33NO4. The zero-order valence-electron chi connectivity index (χ0n) is 17.3. The number of hydrogen-bond donors (Lipinski definition) is 0. The number of hydrogen-bond acceptors (Lipinski definition) is 4. The Bertz CT molecular complexity index is 795. The molecule has 0 saturated carbocycles. The van der Waals surface area contributed by atoms with Gasteiger partial charge in [-0.2, -0.15) is 0 Å². The van der Waals surface area contributed by atoms with Crippen LogP contribution < -0.4 is 19.8 Å². The average molecular weight is 376 g/mol. The van der Waals surface area contributed by atoms with E-state index in [0.717, 1.165) is 29.5 Å². The molecule has 0 aliphatic carbocycles. The number of fused-ring (bicyclic) bond motifs is 1. The van der Waals surface area contributed by atoms with E-state index in [1.54, 1.807) is 11.7 Å². The normalized spacial score (nSPS) is 11.2. The van der Waals surface area contributed by atoms with Crippen LogP contribution in [0.2, 0.25) is 0 Å². The van der Waals surface area contributed by atoms with Crippen molar-refractivity contribution in [3.63, 3.8) is 0 Å². The highest BCUT2D eigenvalue weighted by molar-refractivity contribution is 5.89. The van der Waals surface area contributed by atoms with E-state index in [1.807, 2.05) is 32.0 Å². The SMILES string of the molecule is CCCCCCCCn1c(=O)c(OC)c(OC(C)C)c2ccc(OC)cc21. The Balaban J connectivity index is 2.44. The third kappa shape index (κ3) is 5.18.